The van der Waals surface area contributed by atoms with Crippen molar-refractivity contribution in [3.8, 4) is 0 Å². The fourth-order valence-corrected chi connectivity index (χ4v) is 2.66. The van der Waals surface area contributed by atoms with Crippen molar-refractivity contribution >= 4 is 23.0 Å². The number of aromatic nitrogens is 2. The summed E-state index contributed by atoms with van der Waals surface area (Å²) in [7, 11) is 0. The summed E-state index contributed by atoms with van der Waals surface area (Å²) in [5.41, 5.74) is 4.80. The number of nitro groups is 1. The van der Waals surface area contributed by atoms with Crippen molar-refractivity contribution in [3.63, 3.8) is 0 Å². The summed E-state index contributed by atoms with van der Waals surface area (Å²) in [6, 6.07) is 13.8. The molecule has 1 heterocycles. The Kier molecular flexibility index (Phi) is 5.30. The Morgan fingerprint density at radius 3 is 2.33 bits per heavy atom. The van der Waals surface area contributed by atoms with E-state index in [0.717, 1.165) is 27.9 Å². The number of hydrogen-bond donors (Lipinski definition) is 2. The molecule has 0 saturated heterocycles. The molecule has 3 rings (SSSR count). The van der Waals surface area contributed by atoms with Crippen LogP contribution in [-0.4, -0.2) is 14.9 Å². The van der Waals surface area contributed by atoms with Gasteiger partial charge in [0.1, 0.15) is 6.33 Å². The first-order valence-electron chi connectivity index (χ1n) is 8.57. The Morgan fingerprint density at radius 1 is 0.963 bits per heavy atom. The lowest BCUT2D eigenvalue weighted by Gasteiger charge is -2.12. The molecule has 0 saturated carbocycles. The highest BCUT2D eigenvalue weighted by Gasteiger charge is 2.23. The Balaban J connectivity index is 1.89. The van der Waals surface area contributed by atoms with E-state index in [9.17, 15) is 10.1 Å². The molecule has 0 aliphatic rings. The van der Waals surface area contributed by atoms with Crippen LogP contribution in [-0.2, 0) is 6.54 Å². The number of anilines is 3. The van der Waals surface area contributed by atoms with E-state index in [0.29, 0.717) is 6.54 Å². The number of aryl methyl sites for hydroxylation is 3. The monoisotopic (exact) mass is 363 g/mol. The molecule has 0 aliphatic carbocycles. The second-order valence-corrected chi connectivity index (χ2v) is 6.46. The van der Waals surface area contributed by atoms with Crippen molar-refractivity contribution < 1.29 is 4.92 Å². The molecule has 0 bridgehead atoms. The molecule has 7 nitrogen and oxygen atoms in total. The number of benzene rings is 2. The van der Waals surface area contributed by atoms with Gasteiger partial charge in [-0.25, -0.2) is 9.97 Å². The van der Waals surface area contributed by atoms with Crippen molar-refractivity contribution in [2.45, 2.75) is 27.3 Å². The van der Waals surface area contributed by atoms with Crippen LogP contribution in [0.5, 0.6) is 0 Å². The van der Waals surface area contributed by atoms with Gasteiger partial charge in [-0.05, 0) is 43.5 Å². The molecule has 0 unspecified atom stereocenters. The van der Waals surface area contributed by atoms with Crippen LogP contribution in [0.15, 0.2) is 48.8 Å². The lowest BCUT2D eigenvalue weighted by molar-refractivity contribution is -0.383. The van der Waals surface area contributed by atoms with Crippen LogP contribution in [0, 0.1) is 30.9 Å². The fraction of sp³-hybridized carbons (Fsp3) is 0.200. The Labute approximate surface area is 157 Å². The average Bonchev–Trinajstić information content (AvgIpc) is 2.64. The van der Waals surface area contributed by atoms with Gasteiger partial charge in [0, 0.05) is 12.2 Å². The third-order valence-electron chi connectivity index (χ3n) is 4.23. The molecule has 2 aromatic carbocycles. The highest BCUT2D eigenvalue weighted by Crippen LogP contribution is 2.32. The standard InChI is InChI=1S/C20H21N5O2/c1-13-5-8-16(9-6-13)11-21-19-18(25(26)27)20(23-12-22-19)24-17-10-14(2)4-7-15(17)3/h4-10,12H,11H2,1-3H3,(H2,21,22,23,24). The minimum Gasteiger partial charge on any atom is -0.360 e. The Bertz CT molecular complexity index is 971. The van der Waals surface area contributed by atoms with Gasteiger partial charge in [0.05, 0.1) is 4.92 Å². The van der Waals surface area contributed by atoms with Gasteiger partial charge < -0.3 is 10.6 Å². The molecular weight excluding hydrogens is 342 g/mol. The molecule has 0 aliphatic heterocycles. The third-order valence-corrected chi connectivity index (χ3v) is 4.23. The largest absolute Gasteiger partial charge is 0.360 e. The summed E-state index contributed by atoms with van der Waals surface area (Å²) in [4.78, 5) is 19.4. The van der Waals surface area contributed by atoms with Gasteiger partial charge in [-0.3, -0.25) is 10.1 Å². The predicted molar refractivity (Wildman–Crippen MR) is 106 cm³/mol. The van der Waals surface area contributed by atoms with Crippen molar-refractivity contribution in [1.29, 1.82) is 0 Å². The molecule has 0 fully saturated rings. The van der Waals surface area contributed by atoms with Gasteiger partial charge in [-0.1, -0.05) is 42.0 Å². The first kappa shape index (κ1) is 18.3. The number of hydrogen-bond acceptors (Lipinski definition) is 6. The van der Waals surface area contributed by atoms with Crippen LogP contribution in [0.25, 0.3) is 0 Å². The van der Waals surface area contributed by atoms with Crippen LogP contribution in [0.2, 0.25) is 0 Å². The normalized spacial score (nSPS) is 10.5. The summed E-state index contributed by atoms with van der Waals surface area (Å²) < 4.78 is 0. The van der Waals surface area contributed by atoms with Crippen LogP contribution in [0.4, 0.5) is 23.0 Å². The van der Waals surface area contributed by atoms with Crippen molar-refractivity contribution in [2.75, 3.05) is 10.6 Å². The molecule has 0 radical (unpaired) electrons. The van der Waals surface area contributed by atoms with Crippen LogP contribution in [0.3, 0.4) is 0 Å². The Hall–Kier alpha value is -3.48. The second-order valence-electron chi connectivity index (χ2n) is 6.46. The molecular formula is C20H21N5O2. The number of rotatable bonds is 6. The molecule has 3 aromatic rings. The van der Waals surface area contributed by atoms with Gasteiger partial charge in [0.15, 0.2) is 0 Å². The SMILES string of the molecule is Cc1ccc(CNc2ncnc(Nc3cc(C)ccc3C)c2[N+](=O)[O-])cc1. The molecule has 2 N–H and O–H groups in total. The van der Waals surface area contributed by atoms with Crippen molar-refractivity contribution in [3.05, 3.63) is 81.2 Å². The van der Waals surface area contributed by atoms with E-state index in [1.165, 1.54) is 6.33 Å². The van der Waals surface area contributed by atoms with Crippen LogP contribution >= 0.6 is 0 Å². The quantitative estimate of drug-likeness (QED) is 0.488. The molecule has 1 aromatic heterocycles. The maximum absolute atomic E-state index is 11.7. The summed E-state index contributed by atoms with van der Waals surface area (Å²) >= 11 is 0. The summed E-state index contributed by atoms with van der Waals surface area (Å²) in [5.74, 6) is 0.346. The summed E-state index contributed by atoms with van der Waals surface area (Å²) in [6.45, 7) is 6.34. The minimum absolute atomic E-state index is 0.162. The Morgan fingerprint density at radius 2 is 1.63 bits per heavy atom. The van der Waals surface area contributed by atoms with E-state index in [4.69, 9.17) is 0 Å². The van der Waals surface area contributed by atoms with Crippen molar-refractivity contribution in [2.24, 2.45) is 0 Å². The van der Waals surface area contributed by atoms with Gasteiger partial charge in [0.2, 0.25) is 11.6 Å². The average molecular weight is 363 g/mol. The van der Waals surface area contributed by atoms with Crippen LogP contribution in [0.1, 0.15) is 22.3 Å². The lowest BCUT2D eigenvalue weighted by atomic mass is 10.1. The van der Waals surface area contributed by atoms with E-state index in [1.54, 1.807) is 0 Å². The van der Waals surface area contributed by atoms with E-state index >= 15 is 0 Å². The van der Waals surface area contributed by atoms with Gasteiger partial charge >= 0.3 is 5.69 Å². The van der Waals surface area contributed by atoms with Gasteiger partial charge in [-0.2, -0.15) is 0 Å². The van der Waals surface area contributed by atoms with Gasteiger partial charge in [0.25, 0.3) is 0 Å². The first-order chi connectivity index (χ1) is 12.9. The highest BCUT2D eigenvalue weighted by atomic mass is 16.6. The zero-order chi connectivity index (χ0) is 19.4. The molecule has 0 amide bonds. The van der Waals surface area contributed by atoms with E-state index < -0.39 is 4.92 Å². The lowest BCUT2D eigenvalue weighted by Crippen LogP contribution is -2.08. The van der Waals surface area contributed by atoms with E-state index in [2.05, 4.69) is 20.6 Å². The number of nitrogens with zero attached hydrogens (tertiary/aromatic N) is 3. The molecule has 7 heteroatoms. The van der Waals surface area contributed by atoms with Gasteiger partial charge in [-0.15, -0.1) is 0 Å². The maximum atomic E-state index is 11.7. The van der Waals surface area contributed by atoms with Crippen molar-refractivity contribution in [1.82, 2.24) is 9.97 Å². The molecule has 0 spiro atoms. The van der Waals surface area contributed by atoms with Crippen LogP contribution < -0.4 is 10.6 Å². The maximum Gasteiger partial charge on any atom is 0.353 e. The van der Waals surface area contributed by atoms with E-state index in [-0.39, 0.29) is 17.3 Å². The topological polar surface area (TPSA) is 93.0 Å². The first-order valence-corrected chi connectivity index (χ1v) is 8.57. The second kappa shape index (κ2) is 7.82. The minimum atomic E-state index is -0.467. The zero-order valence-electron chi connectivity index (χ0n) is 15.5. The fourth-order valence-electron chi connectivity index (χ4n) is 2.66. The van der Waals surface area contributed by atoms with E-state index in [1.807, 2.05) is 63.2 Å². The predicted octanol–water partition coefficient (Wildman–Crippen LogP) is 4.67. The zero-order valence-corrected chi connectivity index (χ0v) is 15.5. The summed E-state index contributed by atoms with van der Waals surface area (Å²) in [6.07, 6.45) is 1.32. The molecule has 138 valence electrons. The third kappa shape index (κ3) is 4.38. The highest BCUT2D eigenvalue weighted by molar-refractivity contribution is 5.74. The molecule has 27 heavy (non-hydrogen) atoms. The summed E-state index contributed by atoms with van der Waals surface area (Å²) in [5, 5.41) is 17.8. The number of nitrogens with one attached hydrogen (secondary N) is 2. The smallest absolute Gasteiger partial charge is 0.353 e. The molecule has 0 atom stereocenters.